The Morgan fingerprint density at radius 1 is 0.714 bits per heavy atom. The summed E-state index contributed by atoms with van der Waals surface area (Å²) in [6, 6.07) is 6.64. The number of phenols is 4. The Hall–Kier alpha value is -2.88. The van der Waals surface area contributed by atoms with Crippen molar-refractivity contribution < 1.29 is 20.4 Å². The number of phenolic OH excluding ortho intramolecular Hbond substituents is 4. The van der Waals surface area contributed by atoms with Crippen LogP contribution in [0.4, 0.5) is 0 Å². The molecule has 0 aromatic heterocycles. The number of hydrogen-bond donors (Lipinski definition) is 4. The highest BCUT2D eigenvalue weighted by Gasteiger charge is 2.10. The van der Waals surface area contributed by atoms with Gasteiger partial charge in [0.2, 0.25) is 0 Å². The second-order valence-electron chi connectivity index (χ2n) is 6.67. The van der Waals surface area contributed by atoms with Crippen LogP contribution in [0.1, 0.15) is 48.9 Å². The van der Waals surface area contributed by atoms with E-state index in [1.165, 1.54) is 6.07 Å². The van der Waals surface area contributed by atoms with Gasteiger partial charge in [0.25, 0.3) is 0 Å². The number of aryl methyl sites for hydroxylation is 2. The van der Waals surface area contributed by atoms with Crippen molar-refractivity contribution in [2.75, 3.05) is 0 Å². The minimum Gasteiger partial charge on any atom is -0.504 e. The molecule has 0 radical (unpaired) electrons. The van der Waals surface area contributed by atoms with Crippen molar-refractivity contribution in [3.05, 3.63) is 71.8 Å². The number of benzene rings is 2. The molecule has 0 bridgehead atoms. The zero-order valence-electron chi connectivity index (χ0n) is 16.9. The molecule has 4 heteroatoms. The van der Waals surface area contributed by atoms with Gasteiger partial charge in [0, 0.05) is 5.56 Å². The summed E-state index contributed by atoms with van der Waals surface area (Å²) in [6.07, 6.45) is 8.72. The minimum atomic E-state index is -0.0540. The molecule has 0 spiro atoms. The first-order valence-corrected chi connectivity index (χ1v) is 9.67. The lowest BCUT2D eigenvalue weighted by Crippen LogP contribution is -1.93. The second-order valence-corrected chi connectivity index (χ2v) is 6.67. The second kappa shape index (κ2) is 11.8. The molecule has 0 aliphatic rings. The molecule has 0 unspecified atom stereocenters. The first-order valence-electron chi connectivity index (χ1n) is 9.67. The van der Waals surface area contributed by atoms with Crippen LogP contribution < -0.4 is 0 Å². The third-order valence-corrected chi connectivity index (χ3v) is 4.41. The third kappa shape index (κ3) is 6.38. The number of aromatic hydroxyl groups is 4. The van der Waals surface area contributed by atoms with Gasteiger partial charge in [-0.3, -0.25) is 0 Å². The van der Waals surface area contributed by atoms with Crippen molar-refractivity contribution in [2.24, 2.45) is 0 Å². The van der Waals surface area contributed by atoms with Gasteiger partial charge in [0.1, 0.15) is 0 Å². The molecule has 0 aliphatic carbocycles. The highest BCUT2D eigenvalue weighted by Crippen LogP contribution is 2.32. The molecule has 28 heavy (non-hydrogen) atoms. The van der Waals surface area contributed by atoms with Crippen LogP contribution in [-0.4, -0.2) is 20.4 Å². The Labute approximate surface area is 168 Å². The number of rotatable bonds is 8. The van der Waals surface area contributed by atoms with Gasteiger partial charge in [-0.05, 0) is 60.6 Å². The fourth-order valence-electron chi connectivity index (χ4n) is 3.05. The van der Waals surface area contributed by atoms with Gasteiger partial charge in [-0.2, -0.15) is 0 Å². The standard InChI is InChI=1S/2C12H16O2/c1-3-5-9-7-11(13)12(14)8-10(9)6-4-2;1-3-5-9-7-8-11(13)12(14)10(9)6-4-2/h3,7-8,13-14H,1,4-6H2,2H3;4,7-8,13-14H,2-3,5-6H2,1H3. The van der Waals surface area contributed by atoms with E-state index in [1.54, 1.807) is 24.3 Å². The molecule has 0 saturated heterocycles. The topological polar surface area (TPSA) is 80.9 Å². The van der Waals surface area contributed by atoms with Crippen molar-refractivity contribution in [2.45, 2.75) is 52.4 Å². The first-order chi connectivity index (χ1) is 13.4. The highest BCUT2D eigenvalue weighted by atomic mass is 16.3. The van der Waals surface area contributed by atoms with E-state index in [-0.39, 0.29) is 23.0 Å². The van der Waals surface area contributed by atoms with Gasteiger partial charge >= 0.3 is 0 Å². The van der Waals surface area contributed by atoms with E-state index in [0.717, 1.165) is 54.4 Å². The van der Waals surface area contributed by atoms with Crippen molar-refractivity contribution in [1.82, 2.24) is 0 Å². The minimum absolute atomic E-state index is 0.00384. The van der Waals surface area contributed by atoms with Crippen molar-refractivity contribution in [3.63, 3.8) is 0 Å². The van der Waals surface area contributed by atoms with Crippen LogP contribution in [0.25, 0.3) is 0 Å². The Bertz CT molecular complexity index is 790. The zero-order valence-corrected chi connectivity index (χ0v) is 16.9. The maximum Gasteiger partial charge on any atom is 0.161 e. The molecule has 0 heterocycles. The van der Waals surface area contributed by atoms with E-state index >= 15 is 0 Å². The predicted octanol–water partition coefficient (Wildman–Crippen LogP) is 5.56. The molecule has 4 N–H and O–H groups in total. The summed E-state index contributed by atoms with van der Waals surface area (Å²) < 4.78 is 0. The zero-order chi connectivity index (χ0) is 21.1. The number of hydrogen-bond acceptors (Lipinski definition) is 4. The Balaban J connectivity index is 0.000000280. The lowest BCUT2D eigenvalue weighted by Gasteiger charge is -2.10. The molecular weight excluding hydrogens is 352 g/mol. The molecular formula is C24H32O4. The van der Waals surface area contributed by atoms with Crippen LogP contribution in [0.3, 0.4) is 0 Å². The third-order valence-electron chi connectivity index (χ3n) is 4.41. The fourth-order valence-corrected chi connectivity index (χ4v) is 3.05. The van der Waals surface area contributed by atoms with E-state index in [4.69, 9.17) is 0 Å². The molecule has 0 saturated carbocycles. The van der Waals surface area contributed by atoms with Crippen LogP contribution in [-0.2, 0) is 25.7 Å². The van der Waals surface area contributed by atoms with Gasteiger partial charge < -0.3 is 20.4 Å². The summed E-state index contributed by atoms with van der Waals surface area (Å²) in [7, 11) is 0. The summed E-state index contributed by atoms with van der Waals surface area (Å²) in [4.78, 5) is 0. The normalized spacial score (nSPS) is 10.1. The van der Waals surface area contributed by atoms with E-state index < -0.39 is 0 Å². The largest absolute Gasteiger partial charge is 0.504 e. The average Bonchev–Trinajstić information content (AvgIpc) is 2.66. The van der Waals surface area contributed by atoms with Crippen molar-refractivity contribution >= 4 is 0 Å². The summed E-state index contributed by atoms with van der Waals surface area (Å²) >= 11 is 0. The smallest absolute Gasteiger partial charge is 0.161 e. The summed E-state index contributed by atoms with van der Waals surface area (Å²) in [6.45, 7) is 11.5. The molecule has 2 rings (SSSR count). The molecule has 4 nitrogen and oxygen atoms in total. The summed E-state index contributed by atoms with van der Waals surface area (Å²) in [5, 5.41) is 37.7. The van der Waals surface area contributed by atoms with E-state index in [9.17, 15) is 20.4 Å². The van der Waals surface area contributed by atoms with Crippen LogP contribution in [0.5, 0.6) is 23.0 Å². The van der Waals surface area contributed by atoms with Gasteiger partial charge in [-0.15, -0.1) is 13.2 Å². The first kappa shape index (κ1) is 23.2. The Morgan fingerprint density at radius 3 is 1.79 bits per heavy atom. The van der Waals surface area contributed by atoms with Gasteiger partial charge in [0.15, 0.2) is 23.0 Å². The van der Waals surface area contributed by atoms with Gasteiger partial charge in [0.05, 0.1) is 0 Å². The number of allylic oxidation sites excluding steroid dienone is 2. The van der Waals surface area contributed by atoms with E-state index in [0.29, 0.717) is 6.42 Å². The molecule has 2 aromatic carbocycles. The summed E-state index contributed by atoms with van der Waals surface area (Å²) in [5.41, 5.74) is 4.00. The molecule has 0 aliphatic heterocycles. The lowest BCUT2D eigenvalue weighted by atomic mass is 9.99. The van der Waals surface area contributed by atoms with Gasteiger partial charge in [-0.1, -0.05) is 44.9 Å². The molecule has 0 atom stereocenters. The van der Waals surface area contributed by atoms with E-state index in [2.05, 4.69) is 27.0 Å². The van der Waals surface area contributed by atoms with Crippen molar-refractivity contribution in [3.8, 4) is 23.0 Å². The molecule has 152 valence electrons. The van der Waals surface area contributed by atoms with E-state index in [1.807, 2.05) is 6.07 Å². The summed E-state index contributed by atoms with van der Waals surface area (Å²) in [5.74, 6) is -0.152. The fraction of sp³-hybridized carbons (Fsp3) is 0.333. The SMILES string of the molecule is C=CCc1c(CCC)ccc(O)c1O.C=CCc1cc(O)c(O)cc1CCC. The highest BCUT2D eigenvalue weighted by molar-refractivity contribution is 5.50. The predicted molar refractivity (Wildman–Crippen MR) is 115 cm³/mol. The molecule has 2 aromatic rings. The average molecular weight is 385 g/mol. The Kier molecular flexibility index (Phi) is 9.72. The van der Waals surface area contributed by atoms with Crippen LogP contribution in [0, 0.1) is 0 Å². The monoisotopic (exact) mass is 384 g/mol. The quantitative estimate of drug-likeness (QED) is 0.355. The maximum atomic E-state index is 9.64. The molecule has 0 fully saturated rings. The Morgan fingerprint density at radius 2 is 1.25 bits per heavy atom. The van der Waals surface area contributed by atoms with Crippen LogP contribution >= 0.6 is 0 Å². The lowest BCUT2D eigenvalue weighted by molar-refractivity contribution is 0.399. The van der Waals surface area contributed by atoms with Gasteiger partial charge in [-0.25, -0.2) is 0 Å². The maximum absolute atomic E-state index is 9.64. The van der Waals surface area contributed by atoms with Crippen molar-refractivity contribution in [1.29, 1.82) is 0 Å². The van der Waals surface area contributed by atoms with Crippen LogP contribution in [0.2, 0.25) is 0 Å². The molecule has 0 amide bonds. The van der Waals surface area contributed by atoms with Crippen LogP contribution in [0.15, 0.2) is 49.6 Å².